The number of carbonyl (C=O) groups is 1. The Morgan fingerprint density at radius 2 is 1.81 bits per heavy atom. The number of hydrogen-bond acceptors (Lipinski definition) is 2. The largest absolute Gasteiger partial charge is 0.340 e. The average Bonchev–Trinajstić information content (AvgIpc) is 2.93. The summed E-state index contributed by atoms with van der Waals surface area (Å²) in [7, 11) is 0. The molecule has 2 aliphatic rings. The highest BCUT2D eigenvalue weighted by atomic mass is 16.2. The van der Waals surface area contributed by atoms with Crippen LogP contribution in [0.3, 0.4) is 0 Å². The number of rotatable bonds is 4. The van der Waals surface area contributed by atoms with Crippen molar-refractivity contribution < 1.29 is 4.79 Å². The summed E-state index contributed by atoms with van der Waals surface area (Å²) in [6.45, 7) is 6.55. The van der Waals surface area contributed by atoms with Crippen LogP contribution in [0.2, 0.25) is 0 Å². The van der Waals surface area contributed by atoms with Crippen LogP contribution in [0.5, 0.6) is 0 Å². The topological polar surface area (TPSA) is 23.6 Å². The molecule has 2 saturated heterocycles. The van der Waals surface area contributed by atoms with Gasteiger partial charge in [0.2, 0.25) is 5.91 Å². The van der Waals surface area contributed by atoms with Gasteiger partial charge in [-0.3, -0.25) is 4.79 Å². The second kappa shape index (κ2) is 6.61. The van der Waals surface area contributed by atoms with E-state index in [0.29, 0.717) is 11.9 Å². The van der Waals surface area contributed by atoms with Crippen LogP contribution in [0.15, 0.2) is 24.3 Å². The molecule has 0 aromatic heterocycles. The van der Waals surface area contributed by atoms with Gasteiger partial charge >= 0.3 is 0 Å². The maximum Gasteiger partial charge on any atom is 0.222 e. The Balaban J connectivity index is 1.43. The third-order valence-corrected chi connectivity index (χ3v) is 4.95. The van der Waals surface area contributed by atoms with E-state index in [2.05, 4.69) is 41.0 Å². The number of nitrogens with zero attached hydrogens (tertiary/aromatic N) is 2. The predicted octanol–water partition coefficient (Wildman–Crippen LogP) is 2.62. The fraction of sp³-hybridized carbons (Fsp3) is 0.611. The van der Waals surface area contributed by atoms with Gasteiger partial charge in [0.1, 0.15) is 0 Å². The van der Waals surface area contributed by atoms with Crippen molar-refractivity contribution in [3.05, 3.63) is 35.4 Å². The van der Waals surface area contributed by atoms with Crippen molar-refractivity contribution in [2.75, 3.05) is 26.2 Å². The summed E-state index contributed by atoms with van der Waals surface area (Å²) >= 11 is 0. The van der Waals surface area contributed by atoms with Crippen molar-refractivity contribution in [2.24, 2.45) is 0 Å². The Morgan fingerprint density at radius 3 is 2.43 bits per heavy atom. The van der Waals surface area contributed by atoms with Gasteiger partial charge in [0.05, 0.1) is 0 Å². The molecule has 3 rings (SSSR count). The lowest BCUT2D eigenvalue weighted by molar-refractivity contribution is -0.130. The van der Waals surface area contributed by atoms with Gasteiger partial charge in [-0.05, 0) is 38.2 Å². The van der Waals surface area contributed by atoms with Gasteiger partial charge < -0.3 is 9.80 Å². The number of aryl methyl sites for hydroxylation is 1. The van der Waals surface area contributed by atoms with Crippen molar-refractivity contribution >= 4 is 5.91 Å². The first-order chi connectivity index (χ1) is 10.2. The van der Waals surface area contributed by atoms with Gasteiger partial charge in [-0.2, -0.15) is 0 Å². The van der Waals surface area contributed by atoms with E-state index >= 15 is 0 Å². The summed E-state index contributed by atoms with van der Waals surface area (Å²) in [5.74, 6) is 0.383. The Kier molecular flexibility index (Phi) is 4.59. The van der Waals surface area contributed by atoms with Gasteiger partial charge in [0.15, 0.2) is 0 Å². The predicted molar refractivity (Wildman–Crippen MR) is 85.3 cm³/mol. The minimum absolute atomic E-state index is 0.383. The van der Waals surface area contributed by atoms with Crippen molar-refractivity contribution in [1.29, 1.82) is 0 Å². The summed E-state index contributed by atoms with van der Waals surface area (Å²) in [4.78, 5) is 16.5. The van der Waals surface area contributed by atoms with Crippen LogP contribution in [0.4, 0.5) is 0 Å². The maximum absolute atomic E-state index is 11.8. The fourth-order valence-corrected chi connectivity index (χ4v) is 3.55. The molecule has 0 atom stereocenters. The number of benzene rings is 1. The molecule has 3 nitrogen and oxygen atoms in total. The quantitative estimate of drug-likeness (QED) is 0.849. The van der Waals surface area contributed by atoms with Crippen LogP contribution in [-0.4, -0.2) is 47.9 Å². The van der Waals surface area contributed by atoms with E-state index in [4.69, 9.17) is 0 Å². The first-order valence-electron chi connectivity index (χ1n) is 8.30. The van der Waals surface area contributed by atoms with Gasteiger partial charge in [0, 0.05) is 38.6 Å². The summed E-state index contributed by atoms with van der Waals surface area (Å²) in [5, 5.41) is 0. The van der Waals surface area contributed by atoms with E-state index in [1.54, 1.807) is 0 Å². The molecule has 0 saturated carbocycles. The molecule has 0 aliphatic carbocycles. The molecular weight excluding hydrogens is 260 g/mol. The highest BCUT2D eigenvalue weighted by Crippen LogP contribution is 2.22. The van der Waals surface area contributed by atoms with Gasteiger partial charge in [-0.15, -0.1) is 0 Å². The molecule has 0 N–H and O–H groups in total. The standard InChI is InChI=1S/C18H26N2O/c1-15-4-6-16(7-5-15)8-12-19-13-9-17(10-14-19)20-11-2-3-18(20)21/h4-7,17H,2-3,8-14H2,1H3. The van der Waals surface area contributed by atoms with Gasteiger partial charge in [-0.1, -0.05) is 29.8 Å². The average molecular weight is 286 g/mol. The maximum atomic E-state index is 11.8. The first kappa shape index (κ1) is 14.6. The third-order valence-electron chi connectivity index (χ3n) is 4.95. The monoisotopic (exact) mass is 286 g/mol. The van der Waals surface area contributed by atoms with Crippen molar-refractivity contribution in [3.63, 3.8) is 0 Å². The molecular formula is C18H26N2O. The summed E-state index contributed by atoms with van der Waals surface area (Å²) in [5.41, 5.74) is 2.76. The minimum atomic E-state index is 0.383. The highest BCUT2D eigenvalue weighted by molar-refractivity contribution is 5.78. The molecule has 1 aromatic carbocycles. The lowest BCUT2D eigenvalue weighted by atomic mass is 10.0. The second-order valence-electron chi connectivity index (χ2n) is 6.50. The van der Waals surface area contributed by atoms with Crippen molar-refractivity contribution in [3.8, 4) is 0 Å². The number of piperidine rings is 1. The minimum Gasteiger partial charge on any atom is -0.340 e. The third kappa shape index (κ3) is 3.65. The first-order valence-corrected chi connectivity index (χ1v) is 8.30. The van der Waals surface area contributed by atoms with Crippen molar-refractivity contribution in [2.45, 2.75) is 45.1 Å². The fourth-order valence-electron chi connectivity index (χ4n) is 3.55. The Bertz CT molecular complexity index is 474. The molecule has 0 bridgehead atoms. The zero-order valence-corrected chi connectivity index (χ0v) is 13.1. The Hall–Kier alpha value is -1.35. The van der Waals surface area contributed by atoms with E-state index in [9.17, 15) is 4.79 Å². The van der Waals surface area contributed by atoms with Gasteiger partial charge in [0.25, 0.3) is 0 Å². The second-order valence-corrected chi connectivity index (χ2v) is 6.50. The van der Waals surface area contributed by atoms with E-state index in [1.807, 2.05) is 0 Å². The summed E-state index contributed by atoms with van der Waals surface area (Å²) in [6.07, 6.45) is 5.27. The van der Waals surface area contributed by atoms with Crippen LogP contribution in [0.25, 0.3) is 0 Å². The Labute approximate surface area is 127 Å². The molecule has 21 heavy (non-hydrogen) atoms. The van der Waals surface area contributed by atoms with Crippen LogP contribution in [0.1, 0.15) is 36.8 Å². The number of likely N-dealkylation sites (tertiary alicyclic amines) is 2. The summed E-state index contributed by atoms with van der Waals surface area (Å²) in [6, 6.07) is 9.38. The lowest BCUT2D eigenvalue weighted by Gasteiger charge is -2.36. The van der Waals surface area contributed by atoms with E-state index in [1.165, 1.54) is 11.1 Å². The zero-order chi connectivity index (χ0) is 14.7. The SMILES string of the molecule is Cc1ccc(CCN2CCC(N3CCCC3=O)CC2)cc1. The van der Waals surface area contributed by atoms with E-state index in [0.717, 1.165) is 58.3 Å². The molecule has 114 valence electrons. The normalized spacial score (nSPS) is 21.2. The lowest BCUT2D eigenvalue weighted by Crippen LogP contribution is -2.45. The molecule has 2 fully saturated rings. The van der Waals surface area contributed by atoms with Crippen LogP contribution >= 0.6 is 0 Å². The molecule has 3 heteroatoms. The molecule has 0 unspecified atom stereocenters. The molecule has 0 spiro atoms. The van der Waals surface area contributed by atoms with E-state index < -0.39 is 0 Å². The molecule has 0 radical (unpaired) electrons. The van der Waals surface area contributed by atoms with Crippen molar-refractivity contribution in [1.82, 2.24) is 9.80 Å². The number of hydrogen-bond donors (Lipinski definition) is 0. The van der Waals surface area contributed by atoms with Crippen LogP contribution < -0.4 is 0 Å². The molecule has 1 aromatic rings. The molecule has 2 aliphatic heterocycles. The smallest absolute Gasteiger partial charge is 0.222 e. The number of amides is 1. The van der Waals surface area contributed by atoms with Crippen LogP contribution in [0, 0.1) is 6.92 Å². The highest BCUT2D eigenvalue weighted by Gasteiger charge is 2.30. The Morgan fingerprint density at radius 1 is 1.10 bits per heavy atom. The molecule has 2 heterocycles. The van der Waals surface area contributed by atoms with Crippen LogP contribution in [-0.2, 0) is 11.2 Å². The summed E-state index contributed by atoms with van der Waals surface area (Å²) < 4.78 is 0. The number of carbonyl (C=O) groups excluding carboxylic acids is 1. The zero-order valence-electron chi connectivity index (χ0n) is 13.1. The molecule has 1 amide bonds. The van der Waals surface area contributed by atoms with E-state index in [-0.39, 0.29) is 0 Å². The van der Waals surface area contributed by atoms with Gasteiger partial charge in [-0.25, -0.2) is 0 Å².